The van der Waals surface area contributed by atoms with Crippen LogP contribution in [0, 0.1) is 0 Å². The molecule has 2 heterocycles. The van der Waals surface area contributed by atoms with Gasteiger partial charge in [-0.2, -0.15) is 0 Å². The number of rotatable bonds is 2. The summed E-state index contributed by atoms with van der Waals surface area (Å²) in [6, 6.07) is 12.6. The molecule has 0 spiro atoms. The Kier molecular flexibility index (Phi) is 3.52. The molecule has 3 nitrogen and oxygen atoms in total. The zero-order valence-electron chi connectivity index (χ0n) is 11.8. The lowest BCUT2D eigenvalue weighted by atomic mass is 9.91. The molecule has 116 valence electrons. The van der Waals surface area contributed by atoms with Crippen molar-refractivity contribution in [2.45, 2.75) is 11.5 Å². The van der Waals surface area contributed by atoms with Gasteiger partial charge in [-0.05, 0) is 18.2 Å². The SMILES string of the molecule is O=C1[C@@H](Cl)N(c2c(Cl)cccc2Cl)[C@H]1c1c[nH]c2ccccc12. The van der Waals surface area contributed by atoms with Crippen LogP contribution in [0.5, 0.6) is 0 Å². The molecule has 1 aliphatic rings. The van der Waals surface area contributed by atoms with Crippen LogP contribution < -0.4 is 4.90 Å². The van der Waals surface area contributed by atoms with Gasteiger partial charge in [0.2, 0.25) is 0 Å². The van der Waals surface area contributed by atoms with Crippen LogP contribution in [-0.2, 0) is 4.79 Å². The first-order valence-corrected chi connectivity index (χ1v) is 8.25. The number of hydrogen-bond donors (Lipinski definition) is 1. The van der Waals surface area contributed by atoms with Crippen molar-refractivity contribution in [2.75, 3.05) is 4.90 Å². The van der Waals surface area contributed by atoms with Crippen LogP contribution in [0.25, 0.3) is 10.9 Å². The molecule has 2 aromatic carbocycles. The number of benzene rings is 2. The van der Waals surface area contributed by atoms with Crippen LogP contribution >= 0.6 is 34.8 Å². The number of ketones is 1. The second-order valence-electron chi connectivity index (χ2n) is 5.41. The Labute approximate surface area is 147 Å². The Hall–Kier alpha value is -1.68. The lowest BCUT2D eigenvalue weighted by Gasteiger charge is -2.45. The molecule has 3 aromatic rings. The number of carbonyl (C=O) groups excluding carboxylic acids is 1. The maximum absolute atomic E-state index is 12.4. The molecule has 1 N–H and O–H groups in total. The average molecular weight is 366 g/mol. The van der Waals surface area contributed by atoms with Gasteiger partial charge in [0, 0.05) is 22.7 Å². The van der Waals surface area contributed by atoms with Crippen molar-refractivity contribution in [3.63, 3.8) is 0 Å². The largest absolute Gasteiger partial charge is 0.361 e. The van der Waals surface area contributed by atoms with E-state index in [1.807, 2.05) is 30.5 Å². The summed E-state index contributed by atoms with van der Waals surface area (Å²) < 4.78 is 0. The minimum Gasteiger partial charge on any atom is -0.361 e. The fraction of sp³-hybridized carbons (Fsp3) is 0.118. The van der Waals surface area contributed by atoms with Crippen LogP contribution in [0.1, 0.15) is 11.6 Å². The van der Waals surface area contributed by atoms with Gasteiger partial charge < -0.3 is 9.88 Å². The number of fused-ring (bicyclic) bond motifs is 1. The highest BCUT2D eigenvalue weighted by atomic mass is 35.5. The van der Waals surface area contributed by atoms with E-state index in [4.69, 9.17) is 34.8 Å². The summed E-state index contributed by atoms with van der Waals surface area (Å²) in [6.45, 7) is 0. The predicted octanol–water partition coefficient (Wildman–Crippen LogP) is 5.17. The first-order valence-electron chi connectivity index (χ1n) is 7.06. The molecular formula is C17H11Cl3N2O. The summed E-state index contributed by atoms with van der Waals surface area (Å²) in [5.41, 5.74) is 1.66. The fourth-order valence-electron chi connectivity index (χ4n) is 3.05. The first-order chi connectivity index (χ1) is 11.1. The molecule has 0 unspecified atom stereocenters. The molecule has 1 fully saturated rings. The van der Waals surface area contributed by atoms with Crippen molar-refractivity contribution in [3.05, 3.63) is 64.3 Å². The molecule has 23 heavy (non-hydrogen) atoms. The van der Waals surface area contributed by atoms with Gasteiger partial charge in [-0.3, -0.25) is 4.79 Å². The maximum Gasteiger partial charge on any atom is 0.197 e. The highest BCUT2D eigenvalue weighted by Crippen LogP contribution is 2.48. The van der Waals surface area contributed by atoms with Crippen LogP contribution in [-0.4, -0.2) is 16.3 Å². The summed E-state index contributed by atoms with van der Waals surface area (Å²) in [7, 11) is 0. The Morgan fingerprint density at radius 3 is 2.43 bits per heavy atom. The van der Waals surface area contributed by atoms with Gasteiger partial charge in [0.1, 0.15) is 6.04 Å². The molecule has 6 heteroatoms. The maximum atomic E-state index is 12.4. The quantitative estimate of drug-likeness (QED) is 0.502. The van der Waals surface area contributed by atoms with Crippen molar-refractivity contribution < 1.29 is 4.79 Å². The minimum atomic E-state index is -0.772. The third-order valence-corrected chi connectivity index (χ3v) is 5.17. The van der Waals surface area contributed by atoms with Crippen molar-refractivity contribution >= 4 is 57.2 Å². The smallest absolute Gasteiger partial charge is 0.197 e. The molecule has 0 bridgehead atoms. The molecular weight excluding hydrogens is 355 g/mol. The van der Waals surface area contributed by atoms with Gasteiger partial charge in [0.25, 0.3) is 0 Å². The number of aromatic amines is 1. The predicted molar refractivity (Wildman–Crippen MR) is 94.6 cm³/mol. The minimum absolute atomic E-state index is 0.0626. The molecule has 2 atom stereocenters. The molecule has 0 amide bonds. The number of H-pyrrole nitrogens is 1. The van der Waals surface area contributed by atoms with Gasteiger partial charge in [-0.1, -0.05) is 59.1 Å². The normalized spacial score (nSPS) is 20.8. The van der Waals surface area contributed by atoms with E-state index in [9.17, 15) is 4.79 Å². The van der Waals surface area contributed by atoms with Crippen LogP contribution in [0.3, 0.4) is 0 Å². The first kappa shape index (κ1) is 14.9. The summed E-state index contributed by atoms with van der Waals surface area (Å²) in [6.07, 6.45) is 1.84. The van der Waals surface area contributed by atoms with Crippen molar-refractivity contribution in [3.8, 4) is 0 Å². The zero-order chi connectivity index (χ0) is 16.1. The van der Waals surface area contributed by atoms with E-state index in [1.165, 1.54) is 0 Å². The van der Waals surface area contributed by atoms with Gasteiger partial charge in [0.15, 0.2) is 11.3 Å². The van der Waals surface area contributed by atoms with Crippen LogP contribution in [0.2, 0.25) is 10.0 Å². The summed E-state index contributed by atoms with van der Waals surface area (Å²) >= 11 is 18.8. The van der Waals surface area contributed by atoms with E-state index in [0.29, 0.717) is 15.7 Å². The molecule has 1 aromatic heterocycles. The van der Waals surface area contributed by atoms with E-state index in [0.717, 1.165) is 16.5 Å². The average Bonchev–Trinajstić information content (AvgIpc) is 2.97. The number of nitrogens with zero attached hydrogens (tertiary/aromatic N) is 1. The Balaban J connectivity index is 1.86. The number of anilines is 1. The van der Waals surface area contributed by atoms with E-state index < -0.39 is 11.5 Å². The fourth-order valence-corrected chi connectivity index (χ4v) is 3.98. The lowest BCUT2D eigenvalue weighted by Crippen LogP contribution is -2.56. The second-order valence-corrected chi connectivity index (χ2v) is 6.64. The molecule has 1 aliphatic heterocycles. The van der Waals surface area contributed by atoms with Crippen molar-refractivity contribution in [2.24, 2.45) is 0 Å². The third kappa shape index (κ3) is 2.15. The summed E-state index contributed by atoms with van der Waals surface area (Å²) in [5.74, 6) is -0.0626. The van der Waals surface area contributed by atoms with E-state index in [2.05, 4.69) is 4.98 Å². The van der Waals surface area contributed by atoms with Crippen LogP contribution in [0.4, 0.5) is 5.69 Å². The zero-order valence-corrected chi connectivity index (χ0v) is 14.0. The van der Waals surface area contributed by atoms with Crippen molar-refractivity contribution in [1.29, 1.82) is 0 Å². The van der Waals surface area contributed by atoms with Crippen molar-refractivity contribution in [1.82, 2.24) is 4.98 Å². The van der Waals surface area contributed by atoms with E-state index in [-0.39, 0.29) is 5.78 Å². The summed E-state index contributed by atoms with van der Waals surface area (Å²) in [4.78, 5) is 17.4. The molecule has 0 aliphatic carbocycles. The molecule has 4 rings (SSSR count). The topological polar surface area (TPSA) is 36.1 Å². The van der Waals surface area contributed by atoms with E-state index >= 15 is 0 Å². The molecule has 0 radical (unpaired) electrons. The summed E-state index contributed by atoms with van der Waals surface area (Å²) in [5, 5.41) is 1.93. The highest BCUT2D eigenvalue weighted by molar-refractivity contribution is 6.42. The van der Waals surface area contributed by atoms with Gasteiger partial charge in [-0.25, -0.2) is 0 Å². The number of aromatic nitrogens is 1. The Morgan fingerprint density at radius 2 is 1.70 bits per heavy atom. The van der Waals surface area contributed by atoms with Gasteiger partial charge in [-0.15, -0.1) is 0 Å². The molecule has 1 saturated heterocycles. The number of halogens is 3. The lowest BCUT2D eigenvalue weighted by molar-refractivity contribution is -0.124. The number of para-hydroxylation sites is 2. The number of nitrogens with one attached hydrogen (secondary N) is 1. The number of alkyl halides is 1. The number of Topliss-reactive ketones (excluding diaryl/α,β-unsaturated/α-hetero) is 1. The second kappa shape index (κ2) is 5.45. The Morgan fingerprint density at radius 1 is 1.00 bits per heavy atom. The highest BCUT2D eigenvalue weighted by Gasteiger charge is 2.49. The standard InChI is InChI=1S/C17H11Cl3N2O/c18-11-5-3-6-12(19)15(11)22-14(16(23)17(22)20)10-8-21-13-7-2-1-4-9(10)13/h1-8,14,17,21H/t14-,17-/m0/s1. The van der Waals surface area contributed by atoms with Crippen LogP contribution in [0.15, 0.2) is 48.7 Å². The van der Waals surface area contributed by atoms with E-state index in [1.54, 1.807) is 23.1 Å². The number of hydrogen-bond acceptors (Lipinski definition) is 2. The number of carbonyl (C=O) groups is 1. The van der Waals surface area contributed by atoms with Gasteiger partial charge in [0.05, 0.1) is 15.7 Å². The third-order valence-electron chi connectivity index (χ3n) is 4.14. The monoisotopic (exact) mass is 364 g/mol. The Bertz CT molecular complexity index is 901. The van der Waals surface area contributed by atoms with Gasteiger partial charge >= 0.3 is 0 Å². The molecule has 0 saturated carbocycles.